The van der Waals surface area contributed by atoms with Gasteiger partial charge in [-0.3, -0.25) is 0 Å². The fraction of sp³-hybridized carbons (Fsp3) is 0.806. The highest BCUT2D eigenvalue weighted by Gasteiger charge is 2.61. The molecule has 6 aliphatic rings. The third-order valence-corrected chi connectivity index (χ3v) is 29.7. The van der Waals surface area contributed by atoms with Crippen molar-refractivity contribution in [3.63, 3.8) is 0 Å². The molecule has 6 saturated heterocycles. The first kappa shape index (κ1) is 68.3. The highest BCUT2D eigenvalue weighted by Crippen LogP contribution is 2.49. The van der Waals surface area contributed by atoms with Gasteiger partial charge in [0, 0.05) is 11.8 Å². The maximum Gasteiger partial charge on any atom is 0.203 e. The van der Waals surface area contributed by atoms with Gasteiger partial charge in [0.05, 0.1) is 50.8 Å². The van der Waals surface area contributed by atoms with Gasteiger partial charge in [-0.25, -0.2) is 0 Å². The fourth-order valence-electron chi connectivity index (χ4n) is 13.5. The van der Waals surface area contributed by atoms with Crippen molar-refractivity contribution in [1.29, 1.82) is 0 Å². The number of hydrogen-bond donors (Lipinski definition) is 4. The molecule has 0 amide bonds. The fourth-order valence-corrected chi connectivity index (χ4v) is 24.3. The second kappa shape index (κ2) is 28.8. The molecular weight excluding hydrogens is 1070 g/mol. The number of benzene rings is 2. The summed E-state index contributed by atoms with van der Waals surface area (Å²) < 4.78 is 81.2. The normalized spacial score (nSPS) is 35.9. The van der Waals surface area contributed by atoms with Gasteiger partial charge in [-0.05, 0) is 85.9 Å². The largest absolute Gasteiger partial charge is 0.390 e. The lowest BCUT2D eigenvalue weighted by atomic mass is 9.96. The zero-order chi connectivity index (χ0) is 60.1. The second-order valence-electron chi connectivity index (χ2n) is 26.4. The monoisotopic (exact) mass is 1180 g/mol. The third kappa shape index (κ3) is 16.0. The van der Waals surface area contributed by atoms with Gasteiger partial charge in [0.15, 0.2) is 36.7 Å². The number of aliphatic hydroxyl groups is 4. The minimum absolute atomic E-state index is 0.0858. The molecule has 17 nitrogen and oxygen atoms in total. The van der Waals surface area contributed by atoms with E-state index in [1.165, 1.54) is 0 Å². The van der Waals surface area contributed by atoms with Crippen molar-refractivity contribution in [3.8, 4) is 0 Å². The van der Waals surface area contributed by atoms with Crippen molar-refractivity contribution in [2.45, 2.75) is 295 Å². The summed E-state index contributed by atoms with van der Waals surface area (Å²) in [6.07, 6.45) is -8.83. The number of fused-ring (bicyclic) bond motifs is 2. The Morgan fingerprint density at radius 2 is 0.901 bits per heavy atom. The van der Waals surface area contributed by atoms with Crippen LogP contribution in [0.5, 0.6) is 0 Å². The molecule has 2 aromatic rings. The van der Waals surface area contributed by atoms with E-state index in [0.717, 1.165) is 11.1 Å². The molecule has 0 saturated carbocycles. The predicted molar refractivity (Wildman–Crippen MR) is 314 cm³/mol. The molecule has 18 atom stereocenters. The first-order valence-corrected chi connectivity index (χ1v) is 34.4. The molecule has 2 aromatic carbocycles. The van der Waals surface area contributed by atoms with E-state index in [-0.39, 0.29) is 36.8 Å². The molecule has 6 fully saturated rings. The van der Waals surface area contributed by atoms with E-state index in [2.05, 4.69) is 83.1 Å². The van der Waals surface area contributed by atoms with Gasteiger partial charge in [-0.15, -0.1) is 0 Å². The first-order chi connectivity index (χ1) is 37.9. The number of rotatable bonds is 18. The average molecular weight is 1180 g/mol. The van der Waals surface area contributed by atoms with Crippen LogP contribution in [0.15, 0.2) is 60.7 Å². The number of ether oxygens (including phenoxy) is 11. The van der Waals surface area contributed by atoms with E-state index in [1.807, 2.05) is 109 Å². The molecule has 6 aliphatic heterocycles. The molecule has 19 heteroatoms. The Hall–Kier alpha value is -1.81. The Balaban J connectivity index is 0.000000217. The van der Waals surface area contributed by atoms with Gasteiger partial charge in [0.25, 0.3) is 0 Å². The molecule has 81 heavy (non-hydrogen) atoms. The zero-order valence-electron chi connectivity index (χ0n) is 52.6. The summed E-state index contributed by atoms with van der Waals surface area (Å²) in [6.45, 7) is 43.6. The molecule has 0 radical (unpaired) electrons. The highest BCUT2D eigenvalue weighted by atomic mass is 28.4. The SMILES string of the molecule is CC1O[C@@H](O[Si](C(C)C)(C(C)C)C(C)C)[C@H]2OC(C)(C)OC2[C@H]1O.CC1O[C@@H](O[Si](C(C)C)(C(C)C)C(C)C)[C@H]2OC(C)(C)OC2[C@H]1O[C@@H]1OC[C@@H](C)C(O)[C@H]1OCc1ccccc1.C[C@H]1C(O)OC[C@@H](OCc2ccccc2)C1O. The van der Waals surface area contributed by atoms with E-state index in [9.17, 15) is 20.4 Å². The van der Waals surface area contributed by atoms with E-state index >= 15 is 0 Å². The van der Waals surface area contributed by atoms with Crippen LogP contribution in [-0.4, -0.2) is 160 Å². The second-order valence-corrected chi connectivity index (χ2v) is 37.2. The molecule has 0 bridgehead atoms. The zero-order valence-corrected chi connectivity index (χ0v) is 54.6. The van der Waals surface area contributed by atoms with Crippen LogP contribution in [0.2, 0.25) is 33.2 Å². The van der Waals surface area contributed by atoms with E-state index in [1.54, 1.807) is 6.92 Å². The lowest BCUT2D eigenvalue weighted by Crippen LogP contribution is -2.63. The van der Waals surface area contributed by atoms with Gasteiger partial charge in [0.1, 0.15) is 48.8 Å². The molecule has 4 N–H and O–H groups in total. The molecule has 0 spiro atoms. The van der Waals surface area contributed by atoms with Gasteiger partial charge >= 0.3 is 0 Å². The van der Waals surface area contributed by atoms with Crippen LogP contribution in [0.3, 0.4) is 0 Å². The van der Waals surface area contributed by atoms with Crippen LogP contribution >= 0.6 is 0 Å². The van der Waals surface area contributed by atoms with Crippen molar-refractivity contribution in [1.82, 2.24) is 0 Å². The maximum atomic E-state index is 11.1. The summed E-state index contributed by atoms with van der Waals surface area (Å²) in [7, 11) is -4.38. The lowest BCUT2D eigenvalue weighted by molar-refractivity contribution is -0.326. The molecule has 0 aliphatic carbocycles. The van der Waals surface area contributed by atoms with E-state index in [4.69, 9.17) is 61.0 Å². The molecular formula is C62H106O17Si2. The summed E-state index contributed by atoms with van der Waals surface area (Å²) in [5, 5.41) is 40.9. The van der Waals surface area contributed by atoms with Crippen molar-refractivity contribution < 1.29 is 81.4 Å². The quantitative estimate of drug-likeness (QED) is 0.103. The van der Waals surface area contributed by atoms with Crippen molar-refractivity contribution >= 4 is 16.6 Å². The van der Waals surface area contributed by atoms with Gasteiger partial charge in [0.2, 0.25) is 16.6 Å². The lowest BCUT2D eigenvalue weighted by Gasteiger charge is -2.49. The molecule has 8 rings (SSSR count). The first-order valence-electron chi connectivity index (χ1n) is 30.2. The van der Waals surface area contributed by atoms with Crippen LogP contribution in [0.1, 0.15) is 150 Å². The predicted octanol–water partition coefficient (Wildman–Crippen LogP) is 10.5. The summed E-state index contributed by atoms with van der Waals surface area (Å²) in [5.41, 5.74) is 4.63. The minimum Gasteiger partial charge on any atom is -0.390 e. The molecule has 464 valence electrons. The smallest absolute Gasteiger partial charge is 0.203 e. The number of aliphatic hydroxyl groups excluding tert-OH is 4. The Morgan fingerprint density at radius 1 is 0.481 bits per heavy atom. The van der Waals surface area contributed by atoms with E-state index < -0.39 is 108 Å². The average Bonchev–Trinajstić information content (AvgIpc) is 4.20. The van der Waals surface area contributed by atoms with Gasteiger partial charge in [-0.1, -0.05) is 158 Å². The summed E-state index contributed by atoms with van der Waals surface area (Å²) in [6, 6.07) is 19.7. The van der Waals surface area contributed by atoms with Crippen molar-refractivity contribution in [2.24, 2.45) is 11.8 Å². The molecule has 7 unspecified atom stereocenters. The van der Waals surface area contributed by atoms with Crippen LogP contribution in [0.25, 0.3) is 0 Å². The van der Waals surface area contributed by atoms with Crippen LogP contribution in [0, 0.1) is 11.8 Å². The van der Waals surface area contributed by atoms with Gasteiger partial charge < -0.3 is 81.4 Å². The standard InChI is InChI=1S/C31H52O8Si.C18H36O5Si.C13H18O4/c1-18(2)40(19(3)4,20(5)6)39-30-28-27(37-31(9,10)38-28)25(22(8)35-30)36-29-26(24(32)21(7)16-34-29)33-17-23-14-12-11-13-15-23;1-10(2)24(11(3)4,12(5)6)23-17-16-15(14(19)13(7)20-17)21-18(8,9)22-16;1-9-12(14)11(8-17-13(9)15)16-7-10-5-3-2-4-6-10/h11-15,18-22,24-30,32H,16-17H2,1-10H3;10-17,19H,1-9H3;2-6,9,11-15H,7-8H2,1H3/t21-,22?,24?,25+,26-,27?,28+,29+,30+;13?,14-,15?,16-,17-;9-,11-,12?,13?/m101/s1. The Kier molecular flexibility index (Phi) is 24.3. The van der Waals surface area contributed by atoms with Crippen LogP contribution in [0.4, 0.5) is 0 Å². The van der Waals surface area contributed by atoms with E-state index in [0.29, 0.717) is 53.1 Å². The highest BCUT2D eigenvalue weighted by molar-refractivity contribution is 6.78. The van der Waals surface area contributed by atoms with Crippen LogP contribution in [-0.2, 0) is 74.2 Å². The third-order valence-electron chi connectivity index (χ3n) is 17.6. The Labute approximate surface area is 487 Å². The van der Waals surface area contributed by atoms with Crippen molar-refractivity contribution in [3.05, 3.63) is 71.8 Å². The molecule has 6 heterocycles. The number of hydrogen-bond acceptors (Lipinski definition) is 17. The van der Waals surface area contributed by atoms with Crippen LogP contribution < -0.4 is 0 Å². The maximum absolute atomic E-state index is 11.1. The summed E-state index contributed by atoms with van der Waals surface area (Å²) >= 11 is 0. The Bertz CT molecular complexity index is 2130. The summed E-state index contributed by atoms with van der Waals surface area (Å²) in [4.78, 5) is 0. The van der Waals surface area contributed by atoms with Gasteiger partial charge in [-0.2, -0.15) is 0 Å². The Morgan fingerprint density at radius 3 is 1.37 bits per heavy atom. The molecule has 0 aromatic heterocycles. The minimum atomic E-state index is -2.27. The van der Waals surface area contributed by atoms with Crippen molar-refractivity contribution in [2.75, 3.05) is 13.2 Å². The topological polar surface area (TPSA) is 201 Å². The summed E-state index contributed by atoms with van der Waals surface area (Å²) in [5.74, 6) is -1.97.